The van der Waals surface area contributed by atoms with Crippen LogP contribution in [0.3, 0.4) is 0 Å². The molecule has 0 spiro atoms. The van der Waals surface area contributed by atoms with Crippen molar-refractivity contribution in [1.82, 2.24) is 9.88 Å². The van der Waals surface area contributed by atoms with Crippen LogP contribution < -0.4 is 0 Å². The molecule has 1 amide bonds. The van der Waals surface area contributed by atoms with Crippen molar-refractivity contribution in [2.24, 2.45) is 5.92 Å². The summed E-state index contributed by atoms with van der Waals surface area (Å²) in [5.74, 6) is -0.419. The molecule has 0 bridgehead atoms. The van der Waals surface area contributed by atoms with Crippen LogP contribution in [-0.2, 0) is 11.8 Å². The molecule has 1 aromatic heterocycles. The molecule has 1 saturated carbocycles. The molecule has 1 aromatic carbocycles. The van der Waals surface area contributed by atoms with Gasteiger partial charge < -0.3 is 10.0 Å². The van der Waals surface area contributed by atoms with Crippen LogP contribution in [0.5, 0.6) is 0 Å². The molecule has 1 aliphatic carbocycles. The highest BCUT2D eigenvalue weighted by Crippen LogP contribution is 2.47. The predicted octanol–water partition coefficient (Wildman–Crippen LogP) is 4.39. The van der Waals surface area contributed by atoms with E-state index in [9.17, 15) is 23.1 Å². The second-order valence-corrected chi connectivity index (χ2v) is 7.93. The molecular weight excluding hydrogens is 381 g/mol. The van der Waals surface area contributed by atoms with Gasteiger partial charge in [0.1, 0.15) is 5.69 Å². The second kappa shape index (κ2) is 7.44. The highest BCUT2D eigenvalue weighted by atomic mass is 19.4. The number of alkyl halides is 3. The molecule has 154 valence electrons. The van der Waals surface area contributed by atoms with Crippen molar-refractivity contribution in [3.8, 4) is 0 Å². The van der Waals surface area contributed by atoms with Gasteiger partial charge >= 0.3 is 6.18 Å². The minimum Gasteiger partial charge on any atom is -0.385 e. The van der Waals surface area contributed by atoms with E-state index < -0.39 is 17.5 Å². The van der Waals surface area contributed by atoms with Gasteiger partial charge in [0, 0.05) is 24.7 Å². The number of aliphatic hydroxyl groups is 1. The Labute approximate surface area is 167 Å². The number of piperidine rings is 1. The fourth-order valence-electron chi connectivity index (χ4n) is 4.87. The number of amides is 1. The van der Waals surface area contributed by atoms with Crippen LogP contribution in [0.2, 0.25) is 0 Å². The summed E-state index contributed by atoms with van der Waals surface area (Å²) in [6, 6.07) is 11.4. The van der Waals surface area contributed by atoms with Crippen LogP contribution in [0.4, 0.5) is 13.2 Å². The average Bonchev–Trinajstić information content (AvgIpc) is 2.74. The Morgan fingerprint density at radius 3 is 2.48 bits per heavy atom. The normalized spacial score (nSPS) is 27.4. The van der Waals surface area contributed by atoms with Crippen molar-refractivity contribution in [2.75, 3.05) is 6.54 Å². The maximum Gasteiger partial charge on any atom is 0.433 e. The first-order chi connectivity index (χ1) is 13.8. The van der Waals surface area contributed by atoms with Crippen LogP contribution in [0, 0.1) is 5.92 Å². The van der Waals surface area contributed by atoms with Gasteiger partial charge in [-0.3, -0.25) is 9.78 Å². The van der Waals surface area contributed by atoms with Crippen LogP contribution in [0.15, 0.2) is 48.7 Å². The molecule has 2 fully saturated rings. The van der Waals surface area contributed by atoms with Gasteiger partial charge in [0.2, 0.25) is 0 Å². The van der Waals surface area contributed by atoms with Crippen molar-refractivity contribution < 1.29 is 23.1 Å². The number of pyridine rings is 1. The highest BCUT2D eigenvalue weighted by molar-refractivity contribution is 5.94. The predicted molar refractivity (Wildman–Crippen MR) is 101 cm³/mol. The maximum atomic E-state index is 13.1. The summed E-state index contributed by atoms with van der Waals surface area (Å²) in [5, 5.41) is 11.6. The molecule has 2 heterocycles. The minimum atomic E-state index is -4.53. The van der Waals surface area contributed by atoms with E-state index in [0.29, 0.717) is 13.0 Å². The standard InChI is InChI=1S/C22H23F3N2O2/c23-22(24,25)19-11-10-15(14-26-19)20(28)27-13-12-21(29,16-6-2-1-3-7-16)17-8-4-5-9-18(17)27/h1-3,6-7,10-11,14,17-18,29H,4-5,8-9,12-13H2/t17-,18+,21?/m1/s1. The number of carbonyl (C=O) groups is 1. The first-order valence-electron chi connectivity index (χ1n) is 9.93. The molecule has 3 atom stereocenters. The number of likely N-dealkylation sites (tertiary alicyclic amines) is 1. The lowest BCUT2D eigenvalue weighted by atomic mass is 9.66. The second-order valence-electron chi connectivity index (χ2n) is 7.93. The summed E-state index contributed by atoms with van der Waals surface area (Å²) in [4.78, 5) is 18.2. The Morgan fingerprint density at radius 2 is 1.83 bits per heavy atom. The summed E-state index contributed by atoms with van der Waals surface area (Å²) in [6.07, 6.45) is 0.401. The van der Waals surface area contributed by atoms with Crippen LogP contribution in [0.25, 0.3) is 0 Å². The third-order valence-corrected chi connectivity index (χ3v) is 6.31. The Morgan fingerprint density at radius 1 is 1.10 bits per heavy atom. The lowest BCUT2D eigenvalue weighted by Crippen LogP contribution is -2.59. The molecule has 1 unspecified atom stereocenters. The molecule has 4 rings (SSSR count). The summed E-state index contributed by atoms with van der Waals surface area (Å²) in [6.45, 7) is 0.354. The van der Waals surface area contributed by atoms with Crippen molar-refractivity contribution in [3.05, 3.63) is 65.5 Å². The lowest BCUT2D eigenvalue weighted by molar-refractivity contribution is -0.141. The fraction of sp³-hybridized carbons (Fsp3) is 0.455. The maximum absolute atomic E-state index is 13.1. The molecule has 29 heavy (non-hydrogen) atoms. The highest BCUT2D eigenvalue weighted by Gasteiger charge is 2.50. The zero-order valence-corrected chi connectivity index (χ0v) is 15.9. The van der Waals surface area contributed by atoms with Crippen LogP contribution in [0.1, 0.15) is 53.7 Å². The van der Waals surface area contributed by atoms with Crippen molar-refractivity contribution in [2.45, 2.75) is 49.9 Å². The number of aromatic nitrogens is 1. The van der Waals surface area contributed by atoms with Gasteiger partial charge in [-0.25, -0.2) is 0 Å². The Hall–Kier alpha value is -2.41. The van der Waals surface area contributed by atoms with Gasteiger partial charge in [0.25, 0.3) is 5.91 Å². The summed E-state index contributed by atoms with van der Waals surface area (Å²) < 4.78 is 38.3. The van der Waals surface area contributed by atoms with Crippen LogP contribution in [-0.4, -0.2) is 33.5 Å². The van der Waals surface area contributed by atoms with Crippen molar-refractivity contribution >= 4 is 5.91 Å². The van der Waals surface area contributed by atoms with Gasteiger partial charge in [-0.15, -0.1) is 0 Å². The topological polar surface area (TPSA) is 53.4 Å². The first-order valence-corrected chi connectivity index (χ1v) is 9.93. The van der Waals surface area contributed by atoms with Crippen molar-refractivity contribution in [1.29, 1.82) is 0 Å². The molecule has 1 N–H and O–H groups in total. The van der Waals surface area contributed by atoms with E-state index in [4.69, 9.17) is 0 Å². The van der Waals surface area contributed by atoms with E-state index in [1.165, 1.54) is 6.07 Å². The number of rotatable bonds is 2. The van der Waals surface area contributed by atoms with Gasteiger partial charge in [0.05, 0.1) is 11.2 Å². The largest absolute Gasteiger partial charge is 0.433 e. The van der Waals surface area contributed by atoms with E-state index in [1.807, 2.05) is 30.3 Å². The van der Waals surface area contributed by atoms with Crippen LogP contribution >= 0.6 is 0 Å². The quantitative estimate of drug-likeness (QED) is 0.808. The number of hydrogen-bond donors (Lipinski definition) is 1. The average molecular weight is 404 g/mol. The van der Waals surface area contributed by atoms with E-state index >= 15 is 0 Å². The van der Waals surface area contributed by atoms with E-state index in [0.717, 1.165) is 43.5 Å². The van der Waals surface area contributed by atoms with Gasteiger partial charge in [0.15, 0.2) is 0 Å². The smallest absolute Gasteiger partial charge is 0.385 e. The number of fused-ring (bicyclic) bond motifs is 1. The molecule has 1 aliphatic heterocycles. The molecular formula is C22H23F3N2O2. The molecule has 2 aliphatic rings. The lowest BCUT2D eigenvalue weighted by Gasteiger charge is -2.52. The van der Waals surface area contributed by atoms with Gasteiger partial charge in [-0.05, 0) is 37.0 Å². The number of hydrogen-bond acceptors (Lipinski definition) is 3. The summed E-state index contributed by atoms with van der Waals surface area (Å²) in [5.41, 5.74) is -1.00. The van der Waals surface area contributed by atoms with Crippen molar-refractivity contribution in [3.63, 3.8) is 0 Å². The first kappa shape index (κ1) is 19.9. The summed E-state index contributed by atoms with van der Waals surface area (Å²) in [7, 11) is 0. The van der Waals surface area contributed by atoms with Gasteiger partial charge in [-0.1, -0.05) is 43.2 Å². The minimum absolute atomic E-state index is 0.0984. The molecule has 1 saturated heterocycles. The van der Waals surface area contributed by atoms with Gasteiger partial charge in [-0.2, -0.15) is 13.2 Å². The number of nitrogens with zero attached hydrogens (tertiary/aromatic N) is 2. The SMILES string of the molecule is O=C(c1ccc(C(F)(F)F)nc1)N1CCC(O)(c2ccccc2)[C@@H]2CCCC[C@@H]21. The third kappa shape index (κ3) is 3.64. The summed E-state index contributed by atoms with van der Waals surface area (Å²) >= 11 is 0. The third-order valence-electron chi connectivity index (χ3n) is 6.31. The molecule has 4 nitrogen and oxygen atoms in total. The number of carbonyl (C=O) groups excluding carboxylic acids is 1. The molecule has 0 radical (unpaired) electrons. The van der Waals surface area contributed by atoms with E-state index in [2.05, 4.69) is 4.98 Å². The van der Waals surface area contributed by atoms with E-state index in [1.54, 1.807) is 4.90 Å². The molecule has 2 aromatic rings. The fourth-order valence-corrected chi connectivity index (χ4v) is 4.87. The Bertz CT molecular complexity index is 870. The zero-order chi connectivity index (χ0) is 20.6. The Balaban J connectivity index is 1.60. The molecule has 7 heteroatoms. The Kier molecular flexibility index (Phi) is 5.11. The zero-order valence-electron chi connectivity index (χ0n) is 15.9. The monoisotopic (exact) mass is 404 g/mol. The number of benzene rings is 1. The van der Waals surface area contributed by atoms with E-state index in [-0.39, 0.29) is 23.4 Å². The number of halogens is 3.